The van der Waals surface area contributed by atoms with Crippen LogP contribution in [0.3, 0.4) is 0 Å². The molecule has 0 fully saturated rings. The number of anilines is 1. The van der Waals surface area contributed by atoms with Gasteiger partial charge in [0.1, 0.15) is 24.2 Å². The minimum Gasteiger partial charge on any atom is -0.494 e. The molecule has 0 aromatic heterocycles. The number of ether oxygens (including phenoxy) is 1. The van der Waals surface area contributed by atoms with Crippen molar-refractivity contribution in [1.82, 2.24) is 10.2 Å². The lowest BCUT2D eigenvalue weighted by Crippen LogP contribution is -2.53. The molecule has 0 bridgehead atoms. The van der Waals surface area contributed by atoms with Crippen molar-refractivity contribution in [2.45, 2.75) is 71.0 Å². The van der Waals surface area contributed by atoms with Crippen molar-refractivity contribution in [3.05, 3.63) is 89.7 Å². The van der Waals surface area contributed by atoms with E-state index in [4.69, 9.17) is 4.74 Å². The summed E-state index contributed by atoms with van der Waals surface area (Å²) in [6.45, 7) is 9.32. The van der Waals surface area contributed by atoms with Crippen LogP contribution < -0.4 is 14.4 Å². The van der Waals surface area contributed by atoms with E-state index in [1.165, 1.54) is 41.3 Å². The topological polar surface area (TPSA) is 96.0 Å². The number of halogens is 1. The molecule has 0 aliphatic heterocycles. The molecule has 2 atom stereocenters. The minimum atomic E-state index is -4.28. The highest BCUT2D eigenvalue weighted by molar-refractivity contribution is 7.92. The standard InChI is InChI=1S/C32H40FN3O5S/c1-6-24(5)34-32(38)30(7-2)35(21-25-12-10-9-11-23(25)4)31(37)22-36(27-15-13-26(33)14-16-27)42(39,40)29-19-17-28(18-20-29)41-8-3/h9-20,24,30H,6-8,21-22H2,1-5H3,(H,34,38)/t24-,30+/m1/s1. The van der Waals surface area contributed by atoms with Gasteiger partial charge in [0.25, 0.3) is 10.0 Å². The molecule has 0 saturated heterocycles. The van der Waals surface area contributed by atoms with Crippen LogP contribution in [0.5, 0.6) is 5.75 Å². The van der Waals surface area contributed by atoms with Crippen LogP contribution in [0.4, 0.5) is 10.1 Å². The number of sulfonamides is 1. The summed E-state index contributed by atoms with van der Waals surface area (Å²) >= 11 is 0. The zero-order chi connectivity index (χ0) is 30.9. The smallest absolute Gasteiger partial charge is 0.264 e. The molecule has 8 nitrogen and oxygen atoms in total. The number of carbonyl (C=O) groups is 2. The number of hydrogen-bond donors (Lipinski definition) is 1. The fourth-order valence-corrected chi connectivity index (χ4v) is 5.88. The van der Waals surface area contributed by atoms with E-state index in [0.717, 1.165) is 27.6 Å². The Morgan fingerprint density at radius 2 is 1.57 bits per heavy atom. The van der Waals surface area contributed by atoms with Crippen LogP contribution in [0.2, 0.25) is 0 Å². The third-order valence-electron chi connectivity index (χ3n) is 7.11. The Labute approximate surface area is 248 Å². The third kappa shape index (κ3) is 8.09. The van der Waals surface area contributed by atoms with Gasteiger partial charge >= 0.3 is 0 Å². The highest BCUT2D eigenvalue weighted by Crippen LogP contribution is 2.27. The van der Waals surface area contributed by atoms with Gasteiger partial charge in [-0.05, 0) is 93.3 Å². The number of benzene rings is 3. The number of hydrogen-bond acceptors (Lipinski definition) is 5. The molecule has 0 radical (unpaired) electrons. The second-order valence-corrected chi connectivity index (χ2v) is 11.9. The van der Waals surface area contributed by atoms with Crippen LogP contribution in [0.25, 0.3) is 0 Å². The Bertz CT molecular complexity index is 1450. The fourth-order valence-electron chi connectivity index (χ4n) is 4.47. The van der Waals surface area contributed by atoms with Crippen LogP contribution >= 0.6 is 0 Å². The van der Waals surface area contributed by atoms with Gasteiger partial charge in [0, 0.05) is 12.6 Å². The Hall–Kier alpha value is -3.92. The van der Waals surface area contributed by atoms with Gasteiger partial charge in [-0.2, -0.15) is 0 Å². The number of carbonyl (C=O) groups excluding carboxylic acids is 2. The molecule has 0 saturated carbocycles. The molecule has 42 heavy (non-hydrogen) atoms. The summed E-state index contributed by atoms with van der Waals surface area (Å²) in [6, 6.07) is 17.4. The number of nitrogens with one attached hydrogen (secondary N) is 1. The molecule has 1 N–H and O–H groups in total. The van der Waals surface area contributed by atoms with E-state index in [1.807, 2.05) is 58.9 Å². The van der Waals surface area contributed by atoms with Crippen molar-refractivity contribution in [3.63, 3.8) is 0 Å². The van der Waals surface area contributed by atoms with Crippen LogP contribution in [0, 0.1) is 12.7 Å². The molecule has 0 unspecified atom stereocenters. The van der Waals surface area contributed by atoms with Crippen LogP contribution in [-0.2, 0) is 26.2 Å². The van der Waals surface area contributed by atoms with E-state index in [0.29, 0.717) is 25.2 Å². The van der Waals surface area contributed by atoms with Crippen LogP contribution in [0.1, 0.15) is 51.7 Å². The normalized spacial score (nSPS) is 12.7. The van der Waals surface area contributed by atoms with Crippen molar-refractivity contribution in [2.24, 2.45) is 0 Å². The van der Waals surface area contributed by atoms with E-state index in [-0.39, 0.29) is 29.1 Å². The number of rotatable bonds is 14. The maximum atomic E-state index is 14.1. The first-order valence-electron chi connectivity index (χ1n) is 14.2. The predicted octanol–water partition coefficient (Wildman–Crippen LogP) is 5.45. The summed E-state index contributed by atoms with van der Waals surface area (Å²) in [4.78, 5) is 28.9. The number of aryl methyl sites for hydroxylation is 1. The van der Waals surface area contributed by atoms with Crippen molar-refractivity contribution < 1.29 is 27.1 Å². The molecule has 0 heterocycles. The number of nitrogens with zero attached hydrogens (tertiary/aromatic N) is 2. The van der Waals surface area contributed by atoms with Gasteiger partial charge in [-0.25, -0.2) is 12.8 Å². The highest BCUT2D eigenvalue weighted by Gasteiger charge is 2.34. The molecule has 3 aromatic carbocycles. The summed E-state index contributed by atoms with van der Waals surface area (Å²) in [7, 11) is -4.28. The van der Waals surface area contributed by atoms with Crippen molar-refractivity contribution in [3.8, 4) is 5.75 Å². The molecule has 3 aromatic rings. The van der Waals surface area contributed by atoms with Crippen molar-refractivity contribution in [2.75, 3.05) is 17.5 Å². The van der Waals surface area contributed by atoms with Gasteiger partial charge in [0.2, 0.25) is 11.8 Å². The summed E-state index contributed by atoms with van der Waals surface area (Å²) in [5.41, 5.74) is 1.89. The van der Waals surface area contributed by atoms with Gasteiger partial charge in [-0.15, -0.1) is 0 Å². The molecule has 2 amide bonds. The SMILES string of the molecule is CCOc1ccc(S(=O)(=O)N(CC(=O)N(Cc2ccccc2C)[C@@H](CC)C(=O)N[C@H](C)CC)c2ccc(F)cc2)cc1. The first-order chi connectivity index (χ1) is 20.0. The number of amides is 2. The maximum absolute atomic E-state index is 14.1. The average Bonchev–Trinajstić information content (AvgIpc) is 2.97. The fraction of sp³-hybridized carbons (Fsp3) is 0.375. The quantitative estimate of drug-likeness (QED) is 0.267. The second kappa shape index (κ2) is 14.8. The maximum Gasteiger partial charge on any atom is 0.264 e. The Kier molecular flexibility index (Phi) is 11.5. The molecule has 0 spiro atoms. The van der Waals surface area contributed by atoms with E-state index in [2.05, 4.69) is 5.32 Å². The first kappa shape index (κ1) is 32.6. The van der Waals surface area contributed by atoms with Gasteiger partial charge < -0.3 is 15.0 Å². The monoisotopic (exact) mass is 597 g/mol. The molecule has 0 aliphatic rings. The lowest BCUT2D eigenvalue weighted by atomic mass is 10.1. The summed E-state index contributed by atoms with van der Waals surface area (Å²) in [6.07, 6.45) is 1.04. The zero-order valence-electron chi connectivity index (χ0n) is 24.8. The van der Waals surface area contributed by atoms with Gasteiger partial charge in [0.15, 0.2) is 0 Å². The van der Waals surface area contributed by atoms with E-state index in [1.54, 1.807) is 0 Å². The van der Waals surface area contributed by atoms with Gasteiger partial charge in [0.05, 0.1) is 17.2 Å². The molecular formula is C32H40FN3O5S. The summed E-state index contributed by atoms with van der Waals surface area (Å²) < 4.78 is 48.1. The van der Waals surface area contributed by atoms with Crippen molar-refractivity contribution in [1.29, 1.82) is 0 Å². The molecule has 0 aliphatic carbocycles. The largest absolute Gasteiger partial charge is 0.494 e. The highest BCUT2D eigenvalue weighted by atomic mass is 32.2. The molecule has 10 heteroatoms. The first-order valence-corrected chi connectivity index (χ1v) is 15.6. The predicted molar refractivity (Wildman–Crippen MR) is 162 cm³/mol. The lowest BCUT2D eigenvalue weighted by Gasteiger charge is -2.34. The molecule has 226 valence electrons. The minimum absolute atomic E-state index is 0.0601. The zero-order valence-corrected chi connectivity index (χ0v) is 25.7. The van der Waals surface area contributed by atoms with E-state index < -0.39 is 34.3 Å². The molecule has 3 rings (SSSR count). The lowest BCUT2D eigenvalue weighted by molar-refractivity contribution is -0.140. The Balaban J connectivity index is 2.06. The molecular weight excluding hydrogens is 557 g/mol. The third-order valence-corrected chi connectivity index (χ3v) is 8.89. The van der Waals surface area contributed by atoms with E-state index in [9.17, 15) is 22.4 Å². The summed E-state index contributed by atoms with van der Waals surface area (Å²) in [5, 5.41) is 2.96. The second-order valence-electron chi connectivity index (χ2n) is 10.1. The van der Waals surface area contributed by atoms with E-state index >= 15 is 0 Å². The average molecular weight is 598 g/mol. The Morgan fingerprint density at radius 1 is 0.929 bits per heavy atom. The Morgan fingerprint density at radius 3 is 2.14 bits per heavy atom. The van der Waals surface area contributed by atoms with Gasteiger partial charge in [-0.3, -0.25) is 13.9 Å². The van der Waals surface area contributed by atoms with Crippen LogP contribution in [-0.4, -0.2) is 50.4 Å². The van der Waals surface area contributed by atoms with Gasteiger partial charge in [-0.1, -0.05) is 38.1 Å². The summed E-state index contributed by atoms with van der Waals surface area (Å²) in [5.74, 6) is -0.916. The van der Waals surface area contributed by atoms with Crippen LogP contribution in [0.15, 0.2) is 77.7 Å². The van der Waals surface area contributed by atoms with Crippen molar-refractivity contribution >= 4 is 27.5 Å².